The van der Waals surface area contributed by atoms with Gasteiger partial charge in [-0.3, -0.25) is 0 Å². The van der Waals surface area contributed by atoms with Crippen molar-refractivity contribution in [3.05, 3.63) is 0 Å². The van der Waals surface area contributed by atoms with Crippen LogP contribution >= 0.6 is 0 Å². The quantitative estimate of drug-likeness (QED) is 0.731. The second kappa shape index (κ2) is 5.38. The monoisotopic (exact) mass is 265 g/mol. The SMILES string of the molecule is CC(C)(C)OC(=O)N1CCCC(O)C(F)(F)CC1. The largest absolute Gasteiger partial charge is 0.444 e. The molecule has 6 heteroatoms. The van der Waals surface area contributed by atoms with Crippen LogP contribution in [0.1, 0.15) is 40.0 Å². The first-order valence-electron chi connectivity index (χ1n) is 6.16. The van der Waals surface area contributed by atoms with Crippen LogP contribution in [-0.2, 0) is 4.74 Å². The maximum atomic E-state index is 13.4. The molecule has 1 aliphatic rings. The number of alkyl halides is 2. The molecule has 18 heavy (non-hydrogen) atoms. The van der Waals surface area contributed by atoms with Crippen LogP contribution in [0.5, 0.6) is 0 Å². The van der Waals surface area contributed by atoms with Gasteiger partial charge in [0.1, 0.15) is 11.7 Å². The van der Waals surface area contributed by atoms with Gasteiger partial charge in [-0.1, -0.05) is 0 Å². The topological polar surface area (TPSA) is 49.8 Å². The summed E-state index contributed by atoms with van der Waals surface area (Å²) in [6.07, 6.45) is -2.39. The third kappa shape index (κ3) is 4.40. The molecule has 4 nitrogen and oxygen atoms in total. The highest BCUT2D eigenvalue weighted by Crippen LogP contribution is 2.28. The van der Waals surface area contributed by atoms with Crippen LogP contribution in [0.25, 0.3) is 0 Å². The maximum absolute atomic E-state index is 13.4. The summed E-state index contributed by atoms with van der Waals surface area (Å²) in [5.41, 5.74) is -0.637. The van der Waals surface area contributed by atoms with Gasteiger partial charge < -0.3 is 14.7 Å². The Morgan fingerprint density at radius 3 is 2.56 bits per heavy atom. The van der Waals surface area contributed by atoms with Crippen molar-refractivity contribution in [2.45, 2.75) is 57.7 Å². The molecular weight excluding hydrogens is 244 g/mol. The minimum atomic E-state index is -3.14. The molecule has 0 radical (unpaired) electrons. The van der Waals surface area contributed by atoms with Gasteiger partial charge in [-0.2, -0.15) is 0 Å². The van der Waals surface area contributed by atoms with Gasteiger partial charge in [-0.05, 0) is 33.6 Å². The molecule has 1 unspecified atom stereocenters. The molecule has 1 amide bonds. The summed E-state index contributed by atoms with van der Waals surface area (Å²) >= 11 is 0. The van der Waals surface area contributed by atoms with Crippen LogP contribution in [0.15, 0.2) is 0 Å². The average molecular weight is 265 g/mol. The van der Waals surface area contributed by atoms with E-state index in [2.05, 4.69) is 0 Å². The number of nitrogens with zero attached hydrogens (tertiary/aromatic N) is 1. The van der Waals surface area contributed by atoms with Gasteiger partial charge in [-0.15, -0.1) is 0 Å². The molecule has 0 aromatic carbocycles. The number of likely N-dealkylation sites (tertiary alicyclic amines) is 1. The summed E-state index contributed by atoms with van der Waals surface area (Å²) < 4.78 is 31.9. The van der Waals surface area contributed by atoms with Crippen LogP contribution in [0.3, 0.4) is 0 Å². The van der Waals surface area contributed by atoms with E-state index in [1.54, 1.807) is 20.8 Å². The molecule has 1 N–H and O–H groups in total. The fourth-order valence-electron chi connectivity index (χ4n) is 1.76. The van der Waals surface area contributed by atoms with Crippen molar-refractivity contribution in [1.29, 1.82) is 0 Å². The highest BCUT2D eigenvalue weighted by Gasteiger charge is 2.40. The number of amides is 1. The number of hydrogen-bond acceptors (Lipinski definition) is 3. The van der Waals surface area contributed by atoms with Gasteiger partial charge in [-0.25, -0.2) is 13.6 Å². The number of carbonyl (C=O) groups excluding carboxylic acids is 1. The Morgan fingerprint density at radius 2 is 2.00 bits per heavy atom. The van der Waals surface area contributed by atoms with Gasteiger partial charge in [0.05, 0.1) is 0 Å². The smallest absolute Gasteiger partial charge is 0.410 e. The summed E-state index contributed by atoms with van der Waals surface area (Å²) in [6, 6.07) is 0. The van der Waals surface area contributed by atoms with E-state index in [0.29, 0.717) is 13.0 Å². The van der Waals surface area contributed by atoms with Crippen LogP contribution in [-0.4, -0.2) is 46.8 Å². The van der Waals surface area contributed by atoms with E-state index in [0.717, 1.165) is 0 Å². The number of carbonyl (C=O) groups is 1. The number of aliphatic hydroxyl groups is 1. The van der Waals surface area contributed by atoms with Gasteiger partial charge in [0.15, 0.2) is 0 Å². The summed E-state index contributed by atoms with van der Waals surface area (Å²) in [7, 11) is 0. The number of aliphatic hydroxyl groups excluding tert-OH is 1. The van der Waals surface area contributed by atoms with Gasteiger partial charge in [0.25, 0.3) is 5.92 Å². The van der Waals surface area contributed by atoms with Crippen LogP contribution < -0.4 is 0 Å². The minimum absolute atomic E-state index is 0.00764. The van der Waals surface area contributed by atoms with Crippen LogP contribution in [0.4, 0.5) is 13.6 Å². The highest BCUT2D eigenvalue weighted by molar-refractivity contribution is 5.68. The highest BCUT2D eigenvalue weighted by atomic mass is 19.3. The maximum Gasteiger partial charge on any atom is 0.410 e. The Labute approximate surface area is 106 Å². The van der Waals surface area contributed by atoms with Gasteiger partial charge in [0.2, 0.25) is 0 Å². The minimum Gasteiger partial charge on any atom is -0.444 e. The van der Waals surface area contributed by atoms with Crippen molar-refractivity contribution < 1.29 is 23.4 Å². The van der Waals surface area contributed by atoms with E-state index in [4.69, 9.17) is 4.74 Å². The molecular formula is C12H21F2NO3. The Balaban J connectivity index is 2.61. The molecule has 1 rings (SSSR count). The molecule has 0 aromatic rings. The molecule has 0 spiro atoms. The van der Waals surface area contributed by atoms with E-state index >= 15 is 0 Å². The molecule has 1 heterocycles. The lowest BCUT2D eigenvalue weighted by Crippen LogP contribution is -2.44. The number of ether oxygens (including phenoxy) is 1. The lowest BCUT2D eigenvalue weighted by molar-refractivity contribution is -0.124. The average Bonchev–Trinajstić information content (AvgIpc) is 2.18. The van der Waals surface area contributed by atoms with Crippen molar-refractivity contribution >= 4 is 6.09 Å². The second-order valence-corrected chi connectivity index (χ2v) is 5.64. The zero-order valence-corrected chi connectivity index (χ0v) is 11.1. The first kappa shape index (κ1) is 15.1. The molecule has 1 saturated heterocycles. The Hall–Kier alpha value is -0.910. The van der Waals surface area contributed by atoms with Crippen molar-refractivity contribution in [1.82, 2.24) is 4.90 Å². The lowest BCUT2D eigenvalue weighted by atomic mass is 10.0. The van der Waals surface area contributed by atoms with Crippen molar-refractivity contribution in [2.24, 2.45) is 0 Å². The molecule has 1 atom stereocenters. The lowest BCUT2D eigenvalue weighted by Gasteiger charge is -2.32. The third-order valence-corrected chi connectivity index (χ3v) is 2.76. The Morgan fingerprint density at radius 1 is 1.39 bits per heavy atom. The van der Waals surface area contributed by atoms with Crippen LogP contribution in [0, 0.1) is 0 Å². The van der Waals surface area contributed by atoms with E-state index in [9.17, 15) is 18.7 Å². The van der Waals surface area contributed by atoms with E-state index < -0.39 is 30.1 Å². The van der Waals surface area contributed by atoms with Gasteiger partial charge >= 0.3 is 6.09 Å². The third-order valence-electron chi connectivity index (χ3n) is 2.76. The second-order valence-electron chi connectivity index (χ2n) is 5.64. The van der Waals surface area contributed by atoms with Crippen LogP contribution in [0.2, 0.25) is 0 Å². The standard InChI is InChI=1S/C12H21F2NO3/c1-11(2,3)18-10(17)15-7-4-5-9(16)12(13,14)6-8-15/h9,16H,4-8H2,1-3H3. The Kier molecular flexibility index (Phi) is 4.53. The Bertz CT molecular complexity index is 302. The molecule has 0 aromatic heterocycles. The molecule has 1 fully saturated rings. The summed E-state index contributed by atoms with van der Waals surface area (Å²) in [6.45, 7) is 5.43. The first-order valence-corrected chi connectivity index (χ1v) is 6.16. The molecule has 1 aliphatic heterocycles. The predicted molar refractivity (Wildman–Crippen MR) is 62.6 cm³/mol. The molecule has 106 valence electrons. The predicted octanol–water partition coefficient (Wildman–Crippen LogP) is 2.40. The van der Waals surface area contributed by atoms with E-state index in [1.165, 1.54) is 4.90 Å². The van der Waals surface area contributed by atoms with Gasteiger partial charge in [0, 0.05) is 19.5 Å². The van der Waals surface area contributed by atoms with E-state index in [-0.39, 0.29) is 13.0 Å². The summed E-state index contributed by atoms with van der Waals surface area (Å²) in [5.74, 6) is -3.14. The van der Waals surface area contributed by atoms with Crippen molar-refractivity contribution in [2.75, 3.05) is 13.1 Å². The molecule has 0 bridgehead atoms. The molecule has 0 aliphatic carbocycles. The fraction of sp³-hybridized carbons (Fsp3) is 0.917. The summed E-state index contributed by atoms with van der Waals surface area (Å²) in [4.78, 5) is 13.1. The van der Waals surface area contributed by atoms with Crippen molar-refractivity contribution in [3.8, 4) is 0 Å². The zero-order chi connectivity index (χ0) is 14.0. The number of rotatable bonds is 0. The first-order chi connectivity index (χ1) is 8.12. The van der Waals surface area contributed by atoms with E-state index in [1.807, 2.05) is 0 Å². The number of halogens is 2. The van der Waals surface area contributed by atoms with Crippen molar-refractivity contribution in [3.63, 3.8) is 0 Å². The number of hydrogen-bond donors (Lipinski definition) is 1. The summed E-state index contributed by atoms with van der Waals surface area (Å²) in [5, 5.41) is 9.27. The normalized spacial score (nSPS) is 25.2. The fourth-order valence-corrected chi connectivity index (χ4v) is 1.76. The molecule has 0 saturated carbocycles. The zero-order valence-electron chi connectivity index (χ0n) is 11.1.